The van der Waals surface area contributed by atoms with Gasteiger partial charge in [-0.3, -0.25) is 4.72 Å². The molecule has 0 aliphatic carbocycles. The molecule has 1 N–H and O–H groups in total. The Bertz CT molecular complexity index is 1000. The SMILES string of the molecule is O=S(=O)(Nc1cc(OCc2ccc3ccccc3n2)cs1)C(F)(F)F. The monoisotopic (exact) mass is 388 g/mol. The lowest BCUT2D eigenvalue weighted by Gasteiger charge is -2.08. The Balaban J connectivity index is 1.67. The summed E-state index contributed by atoms with van der Waals surface area (Å²) in [6.07, 6.45) is 0. The molecule has 0 amide bonds. The first-order valence-electron chi connectivity index (χ1n) is 6.90. The van der Waals surface area contributed by atoms with Crippen molar-refractivity contribution in [3.05, 3.63) is 53.5 Å². The number of nitrogens with zero attached hydrogens (tertiary/aromatic N) is 1. The van der Waals surface area contributed by atoms with Crippen molar-refractivity contribution in [2.24, 2.45) is 0 Å². The van der Waals surface area contributed by atoms with E-state index in [1.165, 1.54) is 16.2 Å². The number of halogens is 3. The molecule has 132 valence electrons. The molecule has 2 heterocycles. The Kier molecular flexibility index (Phi) is 4.56. The molecule has 0 atom stereocenters. The first-order valence-corrected chi connectivity index (χ1v) is 9.26. The van der Waals surface area contributed by atoms with Gasteiger partial charge in [-0.15, -0.1) is 11.3 Å². The highest BCUT2D eigenvalue weighted by Gasteiger charge is 2.46. The zero-order valence-electron chi connectivity index (χ0n) is 12.4. The predicted octanol–water partition coefficient (Wildman–Crippen LogP) is 4.14. The number of aromatic nitrogens is 1. The largest absolute Gasteiger partial charge is 0.516 e. The number of rotatable bonds is 5. The minimum Gasteiger partial charge on any atom is -0.486 e. The van der Waals surface area contributed by atoms with Crippen molar-refractivity contribution in [1.29, 1.82) is 0 Å². The molecule has 1 aromatic carbocycles. The van der Waals surface area contributed by atoms with Crippen LogP contribution >= 0.6 is 11.3 Å². The van der Waals surface area contributed by atoms with E-state index >= 15 is 0 Å². The quantitative estimate of drug-likeness (QED) is 0.713. The average molecular weight is 388 g/mol. The number of fused-ring (bicyclic) bond motifs is 1. The van der Waals surface area contributed by atoms with E-state index in [4.69, 9.17) is 4.74 Å². The van der Waals surface area contributed by atoms with E-state index in [0.29, 0.717) is 5.69 Å². The summed E-state index contributed by atoms with van der Waals surface area (Å²) in [5.41, 5.74) is -3.93. The molecular weight excluding hydrogens is 377 g/mol. The molecule has 0 saturated carbocycles. The summed E-state index contributed by atoms with van der Waals surface area (Å²) in [5.74, 6) is 0.250. The average Bonchev–Trinajstić information content (AvgIpc) is 2.98. The summed E-state index contributed by atoms with van der Waals surface area (Å²) < 4.78 is 66.0. The molecule has 5 nitrogen and oxygen atoms in total. The number of nitrogens with one attached hydrogen (secondary N) is 1. The van der Waals surface area contributed by atoms with Crippen LogP contribution in [-0.4, -0.2) is 18.9 Å². The van der Waals surface area contributed by atoms with Crippen molar-refractivity contribution in [1.82, 2.24) is 4.98 Å². The van der Waals surface area contributed by atoms with Crippen LogP contribution in [0.2, 0.25) is 0 Å². The maximum Gasteiger partial charge on any atom is 0.516 e. The highest BCUT2D eigenvalue weighted by molar-refractivity contribution is 7.93. The summed E-state index contributed by atoms with van der Waals surface area (Å²) in [6.45, 7) is 0.104. The number of sulfonamides is 1. The number of para-hydroxylation sites is 1. The fourth-order valence-corrected chi connectivity index (χ4v) is 3.51. The number of benzene rings is 1. The second-order valence-corrected chi connectivity index (χ2v) is 7.57. The summed E-state index contributed by atoms with van der Waals surface area (Å²) >= 11 is 0.795. The van der Waals surface area contributed by atoms with Crippen molar-refractivity contribution in [3.63, 3.8) is 0 Å². The predicted molar refractivity (Wildman–Crippen MR) is 89.0 cm³/mol. The molecule has 0 aliphatic rings. The van der Waals surface area contributed by atoms with Gasteiger partial charge in [0.2, 0.25) is 0 Å². The first kappa shape index (κ1) is 17.5. The van der Waals surface area contributed by atoms with Gasteiger partial charge in [-0.25, -0.2) is 4.98 Å². The molecule has 2 aromatic heterocycles. The summed E-state index contributed by atoms with van der Waals surface area (Å²) in [5, 5.41) is 2.21. The van der Waals surface area contributed by atoms with E-state index in [-0.39, 0.29) is 17.4 Å². The molecule has 3 rings (SSSR count). The standard InChI is InChI=1S/C15H11F3N2O3S2/c16-15(17,18)25(21,22)20-14-7-12(9-24-14)23-8-11-6-5-10-3-1-2-4-13(10)19-11/h1-7,9,20H,8H2. The van der Waals surface area contributed by atoms with E-state index in [1.54, 1.807) is 6.07 Å². The number of anilines is 1. The summed E-state index contributed by atoms with van der Waals surface area (Å²) in [6, 6.07) is 12.4. The summed E-state index contributed by atoms with van der Waals surface area (Å²) in [4.78, 5) is 4.41. The van der Waals surface area contributed by atoms with Crippen molar-refractivity contribution < 1.29 is 26.3 Å². The molecule has 10 heteroatoms. The fraction of sp³-hybridized carbons (Fsp3) is 0.133. The highest BCUT2D eigenvalue weighted by atomic mass is 32.2. The highest BCUT2D eigenvalue weighted by Crippen LogP contribution is 2.31. The lowest BCUT2D eigenvalue weighted by molar-refractivity contribution is -0.0429. The molecule has 3 aromatic rings. The lowest BCUT2D eigenvalue weighted by Crippen LogP contribution is -2.29. The van der Waals surface area contributed by atoms with Crippen LogP contribution in [0.4, 0.5) is 18.2 Å². The van der Waals surface area contributed by atoms with Crippen LogP contribution in [0.25, 0.3) is 10.9 Å². The van der Waals surface area contributed by atoms with Gasteiger partial charge in [0.25, 0.3) is 0 Å². The van der Waals surface area contributed by atoms with E-state index in [2.05, 4.69) is 4.98 Å². The Labute approximate surface area is 145 Å². The molecule has 0 bridgehead atoms. The number of hydrogen-bond donors (Lipinski definition) is 1. The van der Waals surface area contributed by atoms with E-state index in [1.807, 2.05) is 30.3 Å². The van der Waals surface area contributed by atoms with Crippen molar-refractivity contribution in [2.45, 2.75) is 12.1 Å². The Morgan fingerprint density at radius 1 is 1.16 bits per heavy atom. The van der Waals surface area contributed by atoms with Gasteiger partial charge in [0.15, 0.2) is 0 Å². The Morgan fingerprint density at radius 2 is 1.92 bits per heavy atom. The van der Waals surface area contributed by atoms with E-state index in [0.717, 1.165) is 22.2 Å². The number of hydrogen-bond acceptors (Lipinski definition) is 5. The molecule has 0 unspecified atom stereocenters. The van der Waals surface area contributed by atoms with Crippen molar-refractivity contribution >= 4 is 37.3 Å². The molecule has 0 aliphatic heterocycles. The van der Waals surface area contributed by atoms with Gasteiger partial charge in [0.05, 0.1) is 11.2 Å². The Hall–Kier alpha value is -2.33. The number of ether oxygens (including phenoxy) is 1. The third-order valence-electron chi connectivity index (χ3n) is 3.16. The van der Waals surface area contributed by atoms with Crippen LogP contribution in [0.15, 0.2) is 47.8 Å². The minimum absolute atomic E-state index is 0.104. The first-order chi connectivity index (χ1) is 11.7. The maximum absolute atomic E-state index is 12.3. The van der Waals surface area contributed by atoms with Gasteiger partial charge in [-0.2, -0.15) is 21.6 Å². The van der Waals surface area contributed by atoms with Gasteiger partial charge in [0, 0.05) is 16.8 Å². The van der Waals surface area contributed by atoms with Crippen LogP contribution in [0.3, 0.4) is 0 Å². The molecule has 0 saturated heterocycles. The number of alkyl halides is 3. The topological polar surface area (TPSA) is 68.3 Å². The summed E-state index contributed by atoms with van der Waals surface area (Å²) in [7, 11) is -5.44. The van der Waals surface area contributed by atoms with E-state index in [9.17, 15) is 21.6 Å². The maximum atomic E-state index is 12.3. The normalized spacial score (nSPS) is 12.3. The zero-order valence-corrected chi connectivity index (χ0v) is 14.1. The fourth-order valence-electron chi connectivity index (χ4n) is 1.98. The lowest BCUT2D eigenvalue weighted by atomic mass is 10.2. The van der Waals surface area contributed by atoms with Crippen LogP contribution < -0.4 is 9.46 Å². The number of pyridine rings is 1. The smallest absolute Gasteiger partial charge is 0.486 e. The van der Waals surface area contributed by atoms with Crippen molar-refractivity contribution in [2.75, 3.05) is 4.72 Å². The van der Waals surface area contributed by atoms with E-state index < -0.39 is 15.5 Å². The van der Waals surface area contributed by atoms with Gasteiger partial charge in [-0.05, 0) is 12.1 Å². The molecule has 0 spiro atoms. The van der Waals surface area contributed by atoms with Crippen LogP contribution in [0.1, 0.15) is 5.69 Å². The number of thiophene rings is 1. The minimum atomic E-state index is -5.44. The second-order valence-electron chi connectivity index (χ2n) is 4.98. The van der Waals surface area contributed by atoms with Gasteiger partial charge >= 0.3 is 15.5 Å². The zero-order chi connectivity index (χ0) is 18.1. The molecule has 0 fully saturated rings. The van der Waals surface area contributed by atoms with Gasteiger partial charge < -0.3 is 4.74 Å². The van der Waals surface area contributed by atoms with Gasteiger partial charge in [0.1, 0.15) is 17.4 Å². The molecule has 0 radical (unpaired) electrons. The molecular formula is C15H11F3N2O3S2. The van der Waals surface area contributed by atoms with Crippen LogP contribution in [0.5, 0.6) is 5.75 Å². The third kappa shape index (κ3) is 4.02. The van der Waals surface area contributed by atoms with Gasteiger partial charge in [-0.1, -0.05) is 24.3 Å². The van der Waals surface area contributed by atoms with Crippen molar-refractivity contribution in [3.8, 4) is 5.75 Å². The van der Waals surface area contributed by atoms with Crippen LogP contribution in [-0.2, 0) is 16.6 Å². The third-order valence-corrected chi connectivity index (χ3v) is 5.21. The second kappa shape index (κ2) is 6.52. The Morgan fingerprint density at radius 3 is 2.68 bits per heavy atom. The van der Waals surface area contributed by atoms with Crippen LogP contribution in [0, 0.1) is 0 Å². The molecule has 25 heavy (non-hydrogen) atoms.